The van der Waals surface area contributed by atoms with E-state index in [4.69, 9.17) is 5.73 Å². The summed E-state index contributed by atoms with van der Waals surface area (Å²) in [5.74, 6) is 0.826. The fourth-order valence-corrected chi connectivity index (χ4v) is 3.58. The van der Waals surface area contributed by atoms with Crippen molar-refractivity contribution in [3.05, 3.63) is 15.9 Å². The van der Waals surface area contributed by atoms with Gasteiger partial charge in [-0.3, -0.25) is 4.68 Å². The van der Waals surface area contributed by atoms with Crippen molar-refractivity contribution in [2.24, 2.45) is 11.7 Å². The predicted molar refractivity (Wildman–Crippen MR) is 83.2 cm³/mol. The zero-order valence-corrected chi connectivity index (χ0v) is 14.0. The van der Waals surface area contributed by atoms with Crippen LogP contribution in [-0.4, -0.2) is 15.3 Å². The molecule has 0 radical (unpaired) electrons. The third-order valence-corrected chi connectivity index (χ3v) is 5.51. The Morgan fingerprint density at radius 3 is 2.84 bits per heavy atom. The molecule has 1 heterocycles. The molecule has 0 bridgehead atoms. The lowest BCUT2D eigenvalue weighted by Gasteiger charge is -2.28. The zero-order chi connectivity index (χ0) is 14.0. The number of halogens is 1. The zero-order valence-electron chi connectivity index (χ0n) is 12.4. The van der Waals surface area contributed by atoms with E-state index in [2.05, 4.69) is 46.5 Å². The van der Waals surface area contributed by atoms with Crippen LogP contribution in [0.5, 0.6) is 0 Å². The number of nitrogens with two attached hydrogens (primary N) is 1. The standard InChI is InChI=1S/C15H26BrN3/c1-4-19-13(14(16)12(3)18-19)10-15(17)8-5-6-11(2)7-9-15/h11H,4-10,17H2,1-3H3. The Balaban J connectivity index is 2.19. The minimum Gasteiger partial charge on any atom is -0.325 e. The summed E-state index contributed by atoms with van der Waals surface area (Å²) < 4.78 is 3.25. The molecule has 0 aromatic carbocycles. The third-order valence-electron chi connectivity index (χ3n) is 4.48. The van der Waals surface area contributed by atoms with Gasteiger partial charge in [0.15, 0.2) is 0 Å². The molecule has 108 valence electrons. The number of hydrogen-bond acceptors (Lipinski definition) is 2. The van der Waals surface area contributed by atoms with E-state index in [1.165, 1.54) is 25.0 Å². The van der Waals surface area contributed by atoms with Gasteiger partial charge in [-0.05, 0) is 55.0 Å². The second-order valence-corrected chi connectivity index (χ2v) is 7.03. The van der Waals surface area contributed by atoms with Crippen molar-refractivity contribution in [1.29, 1.82) is 0 Å². The van der Waals surface area contributed by atoms with Crippen molar-refractivity contribution in [1.82, 2.24) is 9.78 Å². The van der Waals surface area contributed by atoms with E-state index in [1.807, 2.05) is 0 Å². The molecule has 1 aromatic heterocycles. The van der Waals surface area contributed by atoms with Gasteiger partial charge in [-0.25, -0.2) is 0 Å². The summed E-state index contributed by atoms with van der Waals surface area (Å²) in [4.78, 5) is 0. The van der Waals surface area contributed by atoms with Gasteiger partial charge >= 0.3 is 0 Å². The van der Waals surface area contributed by atoms with Gasteiger partial charge in [0.05, 0.1) is 15.9 Å². The molecule has 0 amide bonds. The summed E-state index contributed by atoms with van der Waals surface area (Å²) in [6.45, 7) is 7.45. The van der Waals surface area contributed by atoms with Gasteiger partial charge in [-0.2, -0.15) is 5.10 Å². The molecule has 2 unspecified atom stereocenters. The van der Waals surface area contributed by atoms with Gasteiger partial charge in [0.2, 0.25) is 0 Å². The van der Waals surface area contributed by atoms with Gasteiger partial charge in [0.1, 0.15) is 0 Å². The van der Waals surface area contributed by atoms with E-state index in [1.54, 1.807) is 0 Å². The Bertz CT molecular complexity index is 441. The molecule has 4 heteroatoms. The van der Waals surface area contributed by atoms with Crippen LogP contribution in [0.3, 0.4) is 0 Å². The van der Waals surface area contributed by atoms with Crippen LogP contribution in [-0.2, 0) is 13.0 Å². The third kappa shape index (κ3) is 3.40. The van der Waals surface area contributed by atoms with Gasteiger partial charge in [-0.15, -0.1) is 0 Å². The van der Waals surface area contributed by atoms with Crippen LogP contribution >= 0.6 is 15.9 Å². The highest BCUT2D eigenvalue weighted by molar-refractivity contribution is 9.10. The Labute approximate surface area is 125 Å². The molecule has 0 aliphatic heterocycles. The maximum absolute atomic E-state index is 6.69. The first kappa shape index (κ1) is 15.0. The number of aryl methyl sites for hydroxylation is 2. The maximum atomic E-state index is 6.69. The van der Waals surface area contributed by atoms with Crippen molar-refractivity contribution < 1.29 is 0 Å². The molecule has 1 aliphatic rings. The van der Waals surface area contributed by atoms with Crippen LogP contribution in [0.2, 0.25) is 0 Å². The number of nitrogens with zero attached hydrogens (tertiary/aromatic N) is 2. The molecule has 1 fully saturated rings. The van der Waals surface area contributed by atoms with Gasteiger partial charge in [0.25, 0.3) is 0 Å². The molecule has 1 saturated carbocycles. The average molecular weight is 328 g/mol. The van der Waals surface area contributed by atoms with Gasteiger partial charge in [0, 0.05) is 18.5 Å². The molecular formula is C15H26BrN3. The average Bonchev–Trinajstić information content (AvgIpc) is 2.53. The van der Waals surface area contributed by atoms with E-state index in [0.717, 1.165) is 41.9 Å². The first-order valence-corrected chi connectivity index (χ1v) is 8.25. The van der Waals surface area contributed by atoms with E-state index in [0.29, 0.717) is 0 Å². The van der Waals surface area contributed by atoms with Crippen LogP contribution < -0.4 is 5.73 Å². The van der Waals surface area contributed by atoms with Crippen molar-refractivity contribution in [2.75, 3.05) is 0 Å². The van der Waals surface area contributed by atoms with Crippen LogP contribution in [0, 0.1) is 12.8 Å². The lowest BCUT2D eigenvalue weighted by atomic mass is 9.86. The van der Waals surface area contributed by atoms with Crippen LogP contribution in [0.4, 0.5) is 0 Å². The first-order chi connectivity index (χ1) is 8.95. The van der Waals surface area contributed by atoms with E-state index in [-0.39, 0.29) is 5.54 Å². The Morgan fingerprint density at radius 2 is 2.16 bits per heavy atom. The van der Waals surface area contributed by atoms with E-state index < -0.39 is 0 Å². The highest BCUT2D eigenvalue weighted by Gasteiger charge is 2.30. The van der Waals surface area contributed by atoms with Gasteiger partial charge in [-0.1, -0.05) is 19.8 Å². The minimum absolute atomic E-state index is 0.0489. The summed E-state index contributed by atoms with van der Waals surface area (Å²) >= 11 is 3.69. The fraction of sp³-hybridized carbons (Fsp3) is 0.800. The second-order valence-electron chi connectivity index (χ2n) is 6.24. The van der Waals surface area contributed by atoms with Crippen LogP contribution in [0.25, 0.3) is 0 Å². The van der Waals surface area contributed by atoms with Crippen molar-refractivity contribution in [2.45, 2.75) is 71.4 Å². The fourth-order valence-electron chi connectivity index (χ4n) is 3.15. The molecule has 1 aromatic rings. The van der Waals surface area contributed by atoms with Gasteiger partial charge < -0.3 is 5.73 Å². The number of hydrogen-bond donors (Lipinski definition) is 1. The van der Waals surface area contributed by atoms with Crippen molar-refractivity contribution in [3.63, 3.8) is 0 Å². The quantitative estimate of drug-likeness (QED) is 0.858. The molecule has 0 spiro atoms. The SMILES string of the molecule is CCn1nc(C)c(Br)c1CC1(N)CCCC(C)CC1. The van der Waals surface area contributed by atoms with Crippen LogP contribution in [0.15, 0.2) is 4.47 Å². The molecule has 2 N–H and O–H groups in total. The molecule has 19 heavy (non-hydrogen) atoms. The van der Waals surface area contributed by atoms with E-state index >= 15 is 0 Å². The molecule has 3 nitrogen and oxygen atoms in total. The summed E-state index contributed by atoms with van der Waals surface area (Å²) in [5.41, 5.74) is 8.99. The smallest absolute Gasteiger partial charge is 0.0738 e. The molecule has 1 aliphatic carbocycles. The molecule has 2 rings (SSSR count). The summed E-state index contributed by atoms with van der Waals surface area (Å²) in [6.07, 6.45) is 7.05. The Morgan fingerprint density at radius 1 is 1.42 bits per heavy atom. The normalized spacial score (nSPS) is 28.4. The highest BCUT2D eigenvalue weighted by Crippen LogP contribution is 2.33. The van der Waals surface area contributed by atoms with Crippen molar-refractivity contribution in [3.8, 4) is 0 Å². The molecule has 0 saturated heterocycles. The maximum Gasteiger partial charge on any atom is 0.0738 e. The molecular weight excluding hydrogens is 302 g/mol. The Hall–Kier alpha value is -0.350. The largest absolute Gasteiger partial charge is 0.325 e. The molecule has 2 atom stereocenters. The summed E-state index contributed by atoms with van der Waals surface area (Å²) in [6, 6.07) is 0. The summed E-state index contributed by atoms with van der Waals surface area (Å²) in [7, 11) is 0. The first-order valence-electron chi connectivity index (χ1n) is 7.46. The van der Waals surface area contributed by atoms with E-state index in [9.17, 15) is 0 Å². The van der Waals surface area contributed by atoms with Crippen molar-refractivity contribution >= 4 is 15.9 Å². The minimum atomic E-state index is -0.0489. The monoisotopic (exact) mass is 327 g/mol. The second kappa shape index (κ2) is 5.96. The topological polar surface area (TPSA) is 43.8 Å². The lowest BCUT2D eigenvalue weighted by Crippen LogP contribution is -2.42. The predicted octanol–water partition coefficient (Wildman–Crippen LogP) is 3.81. The lowest BCUT2D eigenvalue weighted by molar-refractivity contribution is 0.352. The number of rotatable bonds is 3. The van der Waals surface area contributed by atoms with Crippen LogP contribution in [0.1, 0.15) is 57.3 Å². The number of aromatic nitrogens is 2. The summed E-state index contributed by atoms with van der Waals surface area (Å²) in [5, 5.41) is 4.58. The Kier molecular flexibility index (Phi) is 4.72. The highest BCUT2D eigenvalue weighted by atomic mass is 79.9.